The fraction of sp³-hybridized carbons (Fsp3) is 0. The van der Waals surface area contributed by atoms with E-state index in [1.807, 2.05) is 0 Å². The zero-order chi connectivity index (χ0) is 9.14. The lowest BCUT2D eigenvalue weighted by atomic mass is 10.3. The SMILES string of the molecule is O=Cc1ccc(O)c(O)c(=O)c1. The molecule has 0 amide bonds. The van der Waals surface area contributed by atoms with Crippen molar-refractivity contribution in [2.24, 2.45) is 0 Å². The number of aromatic hydroxyl groups is 2. The van der Waals surface area contributed by atoms with Crippen LogP contribution in [0.1, 0.15) is 10.4 Å². The molecule has 0 spiro atoms. The highest BCUT2D eigenvalue weighted by molar-refractivity contribution is 5.74. The second-order valence-corrected chi connectivity index (χ2v) is 2.19. The minimum Gasteiger partial charge on any atom is -0.504 e. The van der Waals surface area contributed by atoms with Gasteiger partial charge in [0.15, 0.2) is 5.75 Å². The van der Waals surface area contributed by atoms with E-state index in [9.17, 15) is 9.59 Å². The van der Waals surface area contributed by atoms with Gasteiger partial charge in [-0.2, -0.15) is 0 Å². The maximum Gasteiger partial charge on any atom is 0.224 e. The van der Waals surface area contributed by atoms with Crippen LogP contribution in [-0.4, -0.2) is 16.5 Å². The highest BCUT2D eigenvalue weighted by Crippen LogP contribution is 2.16. The van der Waals surface area contributed by atoms with Crippen molar-refractivity contribution in [1.82, 2.24) is 0 Å². The largest absolute Gasteiger partial charge is 0.504 e. The third-order valence-corrected chi connectivity index (χ3v) is 1.34. The first kappa shape index (κ1) is 8.26. The molecule has 0 aliphatic carbocycles. The number of carbonyl (C=O) groups is 1. The van der Waals surface area contributed by atoms with Gasteiger partial charge < -0.3 is 10.2 Å². The van der Waals surface area contributed by atoms with Crippen LogP contribution in [0.2, 0.25) is 0 Å². The molecule has 0 aromatic heterocycles. The number of hydrogen-bond donors (Lipinski definition) is 2. The Balaban J connectivity index is 3.55. The molecular weight excluding hydrogens is 160 g/mol. The van der Waals surface area contributed by atoms with Crippen LogP contribution in [0.15, 0.2) is 23.0 Å². The third-order valence-electron chi connectivity index (χ3n) is 1.34. The molecule has 4 nitrogen and oxygen atoms in total. The molecule has 1 aromatic carbocycles. The van der Waals surface area contributed by atoms with Crippen LogP contribution in [0.25, 0.3) is 0 Å². The summed E-state index contributed by atoms with van der Waals surface area (Å²) in [5.74, 6) is -1.28. The van der Waals surface area contributed by atoms with Crippen molar-refractivity contribution in [1.29, 1.82) is 0 Å². The molecule has 0 atom stereocenters. The van der Waals surface area contributed by atoms with E-state index < -0.39 is 16.9 Å². The summed E-state index contributed by atoms with van der Waals surface area (Å²) < 4.78 is 0. The van der Waals surface area contributed by atoms with Gasteiger partial charge in [-0.15, -0.1) is 0 Å². The lowest BCUT2D eigenvalue weighted by Gasteiger charge is -1.85. The molecule has 62 valence electrons. The molecule has 1 aromatic rings. The Morgan fingerprint density at radius 1 is 1.25 bits per heavy atom. The standard InChI is InChI=1S/C8H6O4/c9-4-5-1-2-6(10)8(12)7(11)3-5/h1-4H,(H2,10,11,12). The van der Waals surface area contributed by atoms with Gasteiger partial charge in [-0.25, -0.2) is 0 Å². The minimum absolute atomic E-state index is 0.107. The quantitative estimate of drug-likeness (QED) is 0.587. The van der Waals surface area contributed by atoms with Gasteiger partial charge in [0.2, 0.25) is 11.2 Å². The first-order chi connectivity index (χ1) is 5.65. The predicted octanol–water partition coefficient (Wildman–Crippen LogP) is 0.270. The number of carbonyl (C=O) groups excluding carboxylic acids is 1. The summed E-state index contributed by atoms with van der Waals surface area (Å²) in [5.41, 5.74) is -0.671. The van der Waals surface area contributed by atoms with Gasteiger partial charge >= 0.3 is 0 Å². The first-order valence-corrected chi connectivity index (χ1v) is 3.16. The summed E-state index contributed by atoms with van der Waals surface area (Å²) in [6.07, 6.45) is 0.459. The van der Waals surface area contributed by atoms with Crippen LogP contribution in [0.4, 0.5) is 0 Å². The molecule has 0 aliphatic heterocycles. The molecule has 0 aliphatic rings. The van der Waals surface area contributed by atoms with Crippen LogP contribution in [-0.2, 0) is 0 Å². The van der Waals surface area contributed by atoms with Crippen LogP contribution < -0.4 is 5.43 Å². The van der Waals surface area contributed by atoms with Crippen molar-refractivity contribution in [3.63, 3.8) is 0 Å². The van der Waals surface area contributed by atoms with Crippen LogP contribution in [0.5, 0.6) is 11.5 Å². The molecule has 0 radical (unpaired) electrons. The molecule has 0 fully saturated rings. The molecule has 2 N–H and O–H groups in total. The van der Waals surface area contributed by atoms with Crippen LogP contribution in [0.3, 0.4) is 0 Å². The molecule has 1 rings (SSSR count). The van der Waals surface area contributed by atoms with Gasteiger partial charge in [-0.05, 0) is 18.2 Å². The average Bonchev–Trinajstić information content (AvgIpc) is 2.19. The van der Waals surface area contributed by atoms with Crippen molar-refractivity contribution < 1.29 is 15.0 Å². The van der Waals surface area contributed by atoms with Gasteiger partial charge in [0.25, 0.3) is 0 Å². The first-order valence-electron chi connectivity index (χ1n) is 3.16. The molecule has 0 bridgehead atoms. The predicted molar refractivity (Wildman–Crippen MR) is 41.4 cm³/mol. The van der Waals surface area contributed by atoms with Gasteiger partial charge in [-0.1, -0.05) is 0 Å². The van der Waals surface area contributed by atoms with Gasteiger partial charge in [-0.3, -0.25) is 9.59 Å². The van der Waals surface area contributed by atoms with Crippen molar-refractivity contribution >= 4 is 6.29 Å². The minimum atomic E-state index is -0.778. The second kappa shape index (κ2) is 3.04. The smallest absolute Gasteiger partial charge is 0.224 e. The number of aldehydes is 1. The molecule has 0 saturated carbocycles. The van der Waals surface area contributed by atoms with E-state index in [1.165, 1.54) is 6.07 Å². The maximum absolute atomic E-state index is 10.9. The normalized spacial score (nSPS) is 9.33. The third kappa shape index (κ3) is 1.42. The summed E-state index contributed by atoms with van der Waals surface area (Å²) in [6.45, 7) is 0. The molecule has 0 heterocycles. The summed E-state index contributed by atoms with van der Waals surface area (Å²) in [6, 6.07) is 3.27. The van der Waals surface area contributed by atoms with Crippen molar-refractivity contribution in [3.8, 4) is 11.5 Å². The van der Waals surface area contributed by atoms with Crippen molar-refractivity contribution in [3.05, 3.63) is 34.0 Å². The zero-order valence-corrected chi connectivity index (χ0v) is 6.02. The lowest BCUT2D eigenvalue weighted by molar-refractivity contribution is 0.112. The summed E-state index contributed by atoms with van der Waals surface area (Å²) >= 11 is 0. The molecule has 12 heavy (non-hydrogen) atoms. The van der Waals surface area contributed by atoms with Gasteiger partial charge in [0.05, 0.1) is 0 Å². The van der Waals surface area contributed by atoms with E-state index in [0.29, 0.717) is 6.29 Å². The topological polar surface area (TPSA) is 74.6 Å². The Bertz CT molecular complexity index is 370. The monoisotopic (exact) mass is 166 g/mol. The van der Waals surface area contributed by atoms with Gasteiger partial charge in [0.1, 0.15) is 6.29 Å². The highest BCUT2D eigenvalue weighted by atomic mass is 16.3. The van der Waals surface area contributed by atoms with E-state index in [4.69, 9.17) is 10.2 Å². The Labute approximate surface area is 67.7 Å². The van der Waals surface area contributed by atoms with E-state index in [0.717, 1.165) is 12.1 Å². The van der Waals surface area contributed by atoms with Crippen LogP contribution >= 0.6 is 0 Å². The van der Waals surface area contributed by atoms with E-state index in [1.54, 1.807) is 0 Å². The van der Waals surface area contributed by atoms with Gasteiger partial charge in [0, 0.05) is 5.56 Å². The summed E-state index contributed by atoms with van der Waals surface area (Å²) in [4.78, 5) is 21.1. The summed E-state index contributed by atoms with van der Waals surface area (Å²) in [7, 11) is 0. The lowest BCUT2D eigenvalue weighted by Crippen LogP contribution is -1.94. The van der Waals surface area contributed by atoms with Crippen molar-refractivity contribution in [2.45, 2.75) is 0 Å². The van der Waals surface area contributed by atoms with Crippen LogP contribution in [0, 0.1) is 0 Å². The Morgan fingerprint density at radius 3 is 2.50 bits per heavy atom. The van der Waals surface area contributed by atoms with Crippen molar-refractivity contribution in [2.75, 3.05) is 0 Å². The molecular formula is C8H6O4. The van der Waals surface area contributed by atoms with E-state index >= 15 is 0 Å². The fourth-order valence-electron chi connectivity index (χ4n) is 0.721. The average molecular weight is 166 g/mol. The molecule has 4 heteroatoms. The van der Waals surface area contributed by atoms with E-state index in [-0.39, 0.29) is 5.56 Å². The summed E-state index contributed by atoms with van der Waals surface area (Å²) in [5, 5.41) is 17.8. The maximum atomic E-state index is 10.9. The number of rotatable bonds is 1. The Hall–Kier alpha value is -1.84. The zero-order valence-electron chi connectivity index (χ0n) is 6.02. The Morgan fingerprint density at radius 2 is 1.92 bits per heavy atom. The Kier molecular flexibility index (Phi) is 2.09. The highest BCUT2D eigenvalue weighted by Gasteiger charge is 2.01. The molecule has 0 unspecified atom stereocenters. The van der Waals surface area contributed by atoms with E-state index in [2.05, 4.69) is 0 Å². The fourth-order valence-corrected chi connectivity index (χ4v) is 0.721. The second-order valence-electron chi connectivity index (χ2n) is 2.19. The molecule has 0 saturated heterocycles. The number of hydrogen-bond acceptors (Lipinski definition) is 4.